The molecule has 0 aliphatic rings. The Morgan fingerprint density at radius 1 is 1.21 bits per heavy atom. The Labute approximate surface area is 253 Å². The third-order valence-electron chi connectivity index (χ3n) is 7.45. The Morgan fingerprint density at radius 2 is 1.98 bits per heavy atom. The fourth-order valence-corrected chi connectivity index (χ4v) is 5.66. The Hall–Kier alpha value is -4.38. The number of ether oxygens (including phenoxy) is 1. The van der Waals surface area contributed by atoms with E-state index in [1.807, 2.05) is 13.1 Å². The standard InChI is InChI=1S/C32H40N6O4S/c1-8-10-21(3)22-11-12-23-24(20-38(5)28(23)17-22)25-13-14-33-32(35-25)36-27-18-26(34-31(39)9-2)29(19-30(27)42-6)37(4)15-16-43(7,40)41/h9,11-14,17-21H,2,8,10,15-16H2,1,3-7H3,(H,34,39)(H,33,35,36). The summed E-state index contributed by atoms with van der Waals surface area (Å²) in [5.41, 5.74) is 5.76. The van der Waals surface area contributed by atoms with Gasteiger partial charge in [0.15, 0.2) is 0 Å². The molecule has 10 nitrogen and oxygen atoms in total. The zero-order valence-corrected chi connectivity index (χ0v) is 26.5. The summed E-state index contributed by atoms with van der Waals surface area (Å²) < 4.78 is 31.3. The number of carbonyl (C=O) groups excluding carboxylic acids is 1. The molecule has 0 fully saturated rings. The molecule has 0 aliphatic heterocycles. The lowest BCUT2D eigenvalue weighted by atomic mass is 9.95. The van der Waals surface area contributed by atoms with Gasteiger partial charge in [-0.1, -0.05) is 39.0 Å². The van der Waals surface area contributed by atoms with Crippen LogP contribution in [0, 0.1) is 0 Å². The van der Waals surface area contributed by atoms with Gasteiger partial charge in [0.2, 0.25) is 11.9 Å². The minimum atomic E-state index is -3.19. The van der Waals surface area contributed by atoms with Crippen molar-refractivity contribution in [2.24, 2.45) is 7.05 Å². The number of hydrogen-bond acceptors (Lipinski definition) is 8. The molecular weight excluding hydrogens is 564 g/mol. The monoisotopic (exact) mass is 604 g/mol. The molecule has 2 N–H and O–H groups in total. The molecule has 2 heterocycles. The van der Waals surface area contributed by atoms with Crippen LogP contribution in [-0.2, 0) is 21.7 Å². The molecule has 0 aliphatic carbocycles. The van der Waals surface area contributed by atoms with Crippen molar-refractivity contribution in [3.8, 4) is 17.0 Å². The van der Waals surface area contributed by atoms with E-state index in [0.29, 0.717) is 34.7 Å². The molecule has 228 valence electrons. The fourth-order valence-electron chi connectivity index (χ4n) is 5.06. The second-order valence-corrected chi connectivity index (χ2v) is 13.1. The van der Waals surface area contributed by atoms with E-state index < -0.39 is 15.7 Å². The first-order valence-electron chi connectivity index (χ1n) is 14.2. The number of benzene rings is 2. The largest absolute Gasteiger partial charge is 0.494 e. The molecule has 4 aromatic rings. The minimum absolute atomic E-state index is 0.0471. The van der Waals surface area contributed by atoms with Crippen molar-refractivity contribution >= 4 is 49.7 Å². The fraction of sp³-hybridized carbons (Fsp3) is 0.344. The average Bonchev–Trinajstić information content (AvgIpc) is 3.31. The summed E-state index contributed by atoms with van der Waals surface area (Å²) in [6, 6.07) is 11.9. The number of aromatic nitrogens is 3. The first kappa shape index (κ1) is 31.6. The summed E-state index contributed by atoms with van der Waals surface area (Å²) in [5, 5.41) is 7.15. The lowest BCUT2D eigenvalue weighted by Crippen LogP contribution is -2.26. The van der Waals surface area contributed by atoms with Crippen molar-refractivity contribution in [1.29, 1.82) is 0 Å². The van der Waals surface area contributed by atoms with Gasteiger partial charge in [0.1, 0.15) is 15.6 Å². The normalized spacial score (nSPS) is 12.1. The number of methoxy groups -OCH3 is 1. The molecule has 1 unspecified atom stereocenters. The molecule has 4 rings (SSSR count). The maximum atomic E-state index is 12.3. The van der Waals surface area contributed by atoms with Gasteiger partial charge in [-0.15, -0.1) is 0 Å². The molecule has 2 aromatic carbocycles. The van der Waals surface area contributed by atoms with E-state index in [1.54, 1.807) is 30.3 Å². The lowest BCUT2D eigenvalue weighted by molar-refractivity contribution is -0.111. The van der Waals surface area contributed by atoms with Crippen molar-refractivity contribution in [3.63, 3.8) is 0 Å². The van der Waals surface area contributed by atoms with Crippen LogP contribution in [0.3, 0.4) is 0 Å². The number of amides is 1. The van der Waals surface area contributed by atoms with Crippen LogP contribution in [0.4, 0.5) is 23.0 Å². The molecule has 1 atom stereocenters. The maximum Gasteiger partial charge on any atom is 0.247 e. The van der Waals surface area contributed by atoms with Gasteiger partial charge in [-0.05, 0) is 42.2 Å². The zero-order valence-electron chi connectivity index (χ0n) is 25.6. The third-order valence-corrected chi connectivity index (χ3v) is 8.38. The first-order chi connectivity index (χ1) is 20.4. The van der Waals surface area contributed by atoms with Crippen LogP contribution in [-0.4, -0.2) is 61.6 Å². The van der Waals surface area contributed by atoms with E-state index in [4.69, 9.17) is 9.72 Å². The smallest absolute Gasteiger partial charge is 0.247 e. The topological polar surface area (TPSA) is 118 Å². The van der Waals surface area contributed by atoms with Crippen molar-refractivity contribution in [2.75, 3.05) is 48.2 Å². The van der Waals surface area contributed by atoms with E-state index in [9.17, 15) is 13.2 Å². The molecule has 11 heteroatoms. The SMILES string of the molecule is C=CC(=O)Nc1cc(Nc2nccc(-c3cn(C)c4cc(C(C)CCC)ccc34)n2)c(OC)cc1N(C)CCS(C)(=O)=O. The van der Waals surface area contributed by atoms with Crippen LogP contribution in [0.1, 0.15) is 38.2 Å². The second kappa shape index (κ2) is 13.3. The van der Waals surface area contributed by atoms with Gasteiger partial charge in [0, 0.05) is 61.8 Å². The molecule has 0 saturated carbocycles. The summed E-state index contributed by atoms with van der Waals surface area (Å²) in [6.45, 7) is 8.23. The van der Waals surface area contributed by atoms with Gasteiger partial charge in [-0.2, -0.15) is 0 Å². The van der Waals surface area contributed by atoms with Crippen LogP contribution < -0.4 is 20.3 Å². The number of carbonyl (C=O) groups is 1. The predicted octanol–water partition coefficient (Wildman–Crippen LogP) is 5.90. The number of anilines is 4. The highest BCUT2D eigenvalue weighted by Gasteiger charge is 2.18. The van der Waals surface area contributed by atoms with Crippen LogP contribution in [0.2, 0.25) is 0 Å². The predicted molar refractivity (Wildman–Crippen MR) is 175 cm³/mol. The van der Waals surface area contributed by atoms with Crippen LogP contribution >= 0.6 is 0 Å². The molecule has 0 saturated heterocycles. The van der Waals surface area contributed by atoms with Crippen molar-refractivity contribution in [2.45, 2.75) is 32.6 Å². The van der Waals surface area contributed by atoms with Crippen molar-refractivity contribution in [1.82, 2.24) is 14.5 Å². The highest BCUT2D eigenvalue weighted by molar-refractivity contribution is 7.90. The van der Waals surface area contributed by atoms with Crippen LogP contribution in [0.15, 0.2) is 61.4 Å². The average molecular weight is 605 g/mol. The Kier molecular flexibility index (Phi) is 9.75. The lowest BCUT2D eigenvalue weighted by Gasteiger charge is -2.24. The molecule has 1 amide bonds. The van der Waals surface area contributed by atoms with E-state index in [1.165, 1.54) is 25.0 Å². The summed E-state index contributed by atoms with van der Waals surface area (Å²) in [4.78, 5) is 23.3. The van der Waals surface area contributed by atoms with E-state index >= 15 is 0 Å². The summed E-state index contributed by atoms with van der Waals surface area (Å²) in [5.74, 6) is 0.847. The Balaban J connectivity index is 1.70. The first-order valence-corrected chi connectivity index (χ1v) is 16.2. The second-order valence-electron chi connectivity index (χ2n) is 10.8. The number of rotatable bonds is 13. The maximum absolute atomic E-state index is 12.3. The Bertz CT molecular complexity index is 1750. The number of fused-ring (bicyclic) bond motifs is 1. The van der Waals surface area contributed by atoms with Crippen LogP contribution in [0.5, 0.6) is 5.75 Å². The number of hydrogen-bond donors (Lipinski definition) is 2. The molecule has 43 heavy (non-hydrogen) atoms. The van der Waals surface area contributed by atoms with Gasteiger partial charge in [0.25, 0.3) is 0 Å². The molecule has 2 aromatic heterocycles. The summed E-state index contributed by atoms with van der Waals surface area (Å²) in [7, 11) is 2.14. The van der Waals surface area contributed by atoms with Gasteiger partial charge < -0.3 is 24.8 Å². The summed E-state index contributed by atoms with van der Waals surface area (Å²) in [6.07, 6.45) is 8.42. The van der Waals surface area contributed by atoms with E-state index in [-0.39, 0.29) is 12.3 Å². The van der Waals surface area contributed by atoms with Gasteiger partial charge >= 0.3 is 0 Å². The van der Waals surface area contributed by atoms with Gasteiger partial charge in [-0.25, -0.2) is 18.4 Å². The highest BCUT2D eigenvalue weighted by atomic mass is 32.2. The molecular formula is C32H40N6O4S. The van der Waals surface area contributed by atoms with Crippen LogP contribution in [0.25, 0.3) is 22.2 Å². The summed E-state index contributed by atoms with van der Waals surface area (Å²) >= 11 is 0. The van der Waals surface area contributed by atoms with Crippen molar-refractivity contribution in [3.05, 3.63) is 67.0 Å². The quantitative estimate of drug-likeness (QED) is 0.181. The number of aryl methyl sites for hydroxylation is 1. The molecule has 0 radical (unpaired) electrons. The number of sulfone groups is 1. The molecule has 0 spiro atoms. The Morgan fingerprint density at radius 3 is 2.65 bits per heavy atom. The minimum Gasteiger partial charge on any atom is -0.494 e. The van der Waals surface area contributed by atoms with Gasteiger partial charge in [0.05, 0.1) is 35.6 Å². The zero-order chi connectivity index (χ0) is 31.3. The third kappa shape index (κ3) is 7.53. The highest BCUT2D eigenvalue weighted by Crippen LogP contribution is 2.38. The van der Waals surface area contributed by atoms with Crippen molar-refractivity contribution < 1.29 is 17.9 Å². The van der Waals surface area contributed by atoms with E-state index in [0.717, 1.165) is 35.0 Å². The van der Waals surface area contributed by atoms with E-state index in [2.05, 4.69) is 65.0 Å². The number of nitrogens with one attached hydrogen (secondary N) is 2. The molecule has 0 bridgehead atoms. The number of nitrogens with zero attached hydrogens (tertiary/aromatic N) is 4. The van der Waals surface area contributed by atoms with Gasteiger partial charge in [-0.3, -0.25) is 4.79 Å².